The molecule has 1 heterocycles. The molecule has 1 fully saturated rings. The van der Waals surface area contributed by atoms with E-state index in [2.05, 4.69) is 56.3 Å². The molecule has 0 aromatic heterocycles. The fraction of sp³-hybridized carbons (Fsp3) is 0.500. The number of benzene rings is 1. The van der Waals surface area contributed by atoms with Crippen molar-refractivity contribution in [1.82, 2.24) is 0 Å². The first-order chi connectivity index (χ1) is 8.66. The van der Waals surface area contributed by atoms with Crippen LogP contribution in [-0.4, -0.2) is 20.3 Å². The van der Waals surface area contributed by atoms with Gasteiger partial charge in [-0.05, 0) is 44.7 Å². The standard InChI is InChI=1S/C16H23NO/c1-13-4-6-16(7-5-13)17(3)12-14(2)15-8-10-18-11-9-15/h4-7,12,15H,8-11H2,1-3H3/b14-12+. The van der Waals surface area contributed by atoms with Gasteiger partial charge in [-0.1, -0.05) is 23.3 Å². The summed E-state index contributed by atoms with van der Waals surface area (Å²) in [5.74, 6) is 0.687. The van der Waals surface area contributed by atoms with Crippen molar-refractivity contribution in [3.63, 3.8) is 0 Å². The summed E-state index contributed by atoms with van der Waals surface area (Å²) >= 11 is 0. The van der Waals surface area contributed by atoms with E-state index < -0.39 is 0 Å². The van der Waals surface area contributed by atoms with Crippen molar-refractivity contribution in [3.05, 3.63) is 41.6 Å². The maximum Gasteiger partial charge on any atom is 0.0471 e. The molecule has 0 amide bonds. The lowest BCUT2D eigenvalue weighted by Crippen LogP contribution is -2.18. The summed E-state index contributed by atoms with van der Waals surface area (Å²) in [5, 5.41) is 0. The van der Waals surface area contributed by atoms with Crippen LogP contribution in [0.25, 0.3) is 0 Å². The van der Waals surface area contributed by atoms with Crippen molar-refractivity contribution in [2.45, 2.75) is 26.7 Å². The highest BCUT2D eigenvalue weighted by molar-refractivity contribution is 5.49. The Balaban J connectivity index is 2.04. The van der Waals surface area contributed by atoms with Crippen LogP contribution in [0.15, 0.2) is 36.0 Å². The van der Waals surface area contributed by atoms with Gasteiger partial charge < -0.3 is 9.64 Å². The van der Waals surface area contributed by atoms with Crippen LogP contribution in [0.2, 0.25) is 0 Å². The van der Waals surface area contributed by atoms with Crippen LogP contribution in [0, 0.1) is 12.8 Å². The van der Waals surface area contributed by atoms with Crippen LogP contribution in [0.5, 0.6) is 0 Å². The third kappa shape index (κ3) is 3.36. The van der Waals surface area contributed by atoms with E-state index in [-0.39, 0.29) is 0 Å². The molecule has 0 atom stereocenters. The van der Waals surface area contributed by atoms with Crippen LogP contribution >= 0.6 is 0 Å². The molecule has 2 heteroatoms. The number of ether oxygens (including phenoxy) is 1. The molecule has 0 unspecified atom stereocenters. The lowest BCUT2D eigenvalue weighted by Gasteiger charge is -2.25. The van der Waals surface area contributed by atoms with Crippen molar-refractivity contribution in [2.75, 3.05) is 25.2 Å². The number of hydrogen-bond donors (Lipinski definition) is 0. The molecule has 98 valence electrons. The van der Waals surface area contributed by atoms with Gasteiger partial charge in [0.2, 0.25) is 0 Å². The van der Waals surface area contributed by atoms with Gasteiger partial charge >= 0.3 is 0 Å². The molecular formula is C16H23NO. The smallest absolute Gasteiger partial charge is 0.0471 e. The largest absolute Gasteiger partial charge is 0.381 e. The minimum absolute atomic E-state index is 0.687. The van der Waals surface area contributed by atoms with Gasteiger partial charge in [0.1, 0.15) is 0 Å². The maximum absolute atomic E-state index is 5.41. The van der Waals surface area contributed by atoms with Crippen molar-refractivity contribution in [2.24, 2.45) is 5.92 Å². The van der Waals surface area contributed by atoms with Gasteiger partial charge in [0.05, 0.1) is 0 Å². The summed E-state index contributed by atoms with van der Waals surface area (Å²) in [4.78, 5) is 2.21. The third-order valence-electron chi connectivity index (χ3n) is 3.70. The Labute approximate surface area is 110 Å². The molecule has 0 spiro atoms. The zero-order chi connectivity index (χ0) is 13.0. The van der Waals surface area contributed by atoms with E-state index in [0.717, 1.165) is 26.1 Å². The molecule has 18 heavy (non-hydrogen) atoms. The molecule has 0 radical (unpaired) electrons. The highest BCUT2D eigenvalue weighted by Crippen LogP contribution is 2.24. The van der Waals surface area contributed by atoms with E-state index in [1.807, 2.05) is 0 Å². The van der Waals surface area contributed by atoms with Gasteiger partial charge in [0, 0.05) is 32.1 Å². The van der Waals surface area contributed by atoms with E-state index in [1.54, 1.807) is 0 Å². The van der Waals surface area contributed by atoms with Gasteiger partial charge in [0.15, 0.2) is 0 Å². The van der Waals surface area contributed by atoms with Gasteiger partial charge in [-0.25, -0.2) is 0 Å². The van der Waals surface area contributed by atoms with E-state index in [1.165, 1.54) is 16.8 Å². The van der Waals surface area contributed by atoms with Gasteiger partial charge in [-0.3, -0.25) is 0 Å². The second-order valence-electron chi connectivity index (χ2n) is 5.21. The van der Waals surface area contributed by atoms with Crippen LogP contribution in [-0.2, 0) is 4.74 Å². The summed E-state index contributed by atoms with van der Waals surface area (Å²) in [7, 11) is 2.12. The topological polar surface area (TPSA) is 12.5 Å². The summed E-state index contributed by atoms with van der Waals surface area (Å²) in [6, 6.07) is 8.65. The molecule has 1 aliphatic rings. The monoisotopic (exact) mass is 245 g/mol. The van der Waals surface area contributed by atoms with Crippen molar-refractivity contribution < 1.29 is 4.74 Å². The molecule has 0 saturated carbocycles. The minimum Gasteiger partial charge on any atom is -0.381 e. The summed E-state index contributed by atoms with van der Waals surface area (Å²) in [5.41, 5.74) is 4.01. The fourth-order valence-electron chi connectivity index (χ4n) is 2.42. The van der Waals surface area contributed by atoms with Gasteiger partial charge in [0.25, 0.3) is 0 Å². The molecule has 1 aliphatic heterocycles. The fourth-order valence-corrected chi connectivity index (χ4v) is 2.42. The normalized spacial score (nSPS) is 17.8. The summed E-state index contributed by atoms with van der Waals surface area (Å²) < 4.78 is 5.41. The Morgan fingerprint density at radius 3 is 2.44 bits per heavy atom. The van der Waals surface area contributed by atoms with Crippen LogP contribution < -0.4 is 4.90 Å². The Morgan fingerprint density at radius 2 is 1.83 bits per heavy atom. The number of hydrogen-bond acceptors (Lipinski definition) is 2. The quantitative estimate of drug-likeness (QED) is 0.804. The SMILES string of the molecule is C/C(=C\N(C)c1ccc(C)cc1)C1CCOCC1. The number of allylic oxidation sites excluding steroid dienone is 1. The van der Waals surface area contributed by atoms with Crippen molar-refractivity contribution >= 4 is 5.69 Å². The Hall–Kier alpha value is -1.28. The van der Waals surface area contributed by atoms with Gasteiger partial charge in [-0.2, -0.15) is 0 Å². The van der Waals surface area contributed by atoms with Gasteiger partial charge in [-0.15, -0.1) is 0 Å². The number of nitrogens with zero attached hydrogens (tertiary/aromatic N) is 1. The van der Waals surface area contributed by atoms with E-state index >= 15 is 0 Å². The first-order valence-electron chi connectivity index (χ1n) is 6.72. The summed E-state index contributed by atoms with van der Waals surface area (Å²) in [6.45, 7) is 6.17. The number of rotatable bonds is 3. The van der Waals surface area contributed by atoms with Crippen molar-refractivity contribution in [3.8, 4) is 0 Å². The average Bonchev–Trinajstić information content (AvgIpc) is 2.40. The van der Waals surface area contributed by atoms with Crippen LogP contribution in [0.1, 0.15) is 25.3 Å². The van der Waals surface area contributed by atoms with Crippen LogP contribution in [0.4, 0.5) is 5.69 Å². The zero-order valence-electron chi connectivity index (χ0n) is 11.6. The molecule has 2 nitrogen and oxygen atoms in total. The van der Waals surface area contributed by atoms with E-state index in [0.29, 0.717) is 5.92 Å². The highest BCUT2D eigenvalue weighted by Gasteiger charge is 2.15. The Morgan fingerprint density at radius 1 is 1.22 bits per heavy atom. The lowest BCUT2D eigenvalue weighted by atomic mass is 9.93. The Bertz CT molecular complexity index is 402. The second-order valence-corrected chi connectivity index (χ2v) is 5.21. The lowest BCUT2D eigenvalue weighted by molar-refractivity contribution is 0.0757. The predicted octanol–water partition coefficient (Wildman–Crippen LogP) is 3.76. The number of aryl methyl sites for hydroxylation is 1. The Kier molecular flexibility index (Phi) is 4.43. The summed E-state index contributed by atoms with van der Waals surface area (Å²) in [6.07, 6.45) is 4.58. The molecule has 0 aliphatic carbocycles. The molecule has 1 aromatic rings. The molecule has 1 aromatic carbocycles. The van der Waals surface area contributed by atoms with E-state index in [4.69, 9.17) is 4.74 Å². The van der Waals surface area contributed by atoms with E-state index in [9.17, 15) is 0 Å². The first kappa shape index (κ1) is 13.2. The molecule has 0 bridgehead atoms. The molecule has 2 rings (SSSR count). The molecule has 1 saturated heterocycles. The third-order valence-corrected chi connectivity index (χ3v) is 3.70. The predicted molar refractivity (Wildman–Crippen MR) is 76.9 cm³/mol. The maximum atomic E-state index is 5.41. The van der Waals surface area contributed by atoms with Crippen molar-refractivity contribution in [1.29, 1.82) is 0 Å². The zero-order valence-corrected chi connectivity index (χ0v) is 11.6. The van der Waals surface area contributed by atoms with Crippen LogP contribution in [0.3, 0.4) is 0 Å². The minimum atomic E-state index is 0.687. The highest BCUT2D eigenvalue weighted by atomic mass is 16.5. The molecule has 0 N–H and O–H groups in total. The second kappa shape index (κ2) is 6.05. The average molecular weight is 245 g/mol. The molecular weight excluding hydrogens is 222 g/mol. The first-order valence-corrected chi connectivity index (χ1v) is 6.72. The number of anilines is 1.